The van der Waals surface area contributed by atoms with E-state index >= 15 is 0 Å². The van der Waals surface area contributed by atoms with Gasteiger partial charge in [-0.1, -0.05) is 82.9 Å². The van der Waals surface area contributed by atoms with Crippen molar-refractivity contribution in [3.8, 4) is 0 Å². The highest BCUT2D eigenvalue weighted by Gasteiger charge is 2.17. The smallest absolute Gasteiger partial charge is 0.0476 e. The number of benzene rings is 4. The van der Waals surface area contributed by atoms with Gasteiger partial charge in [0, 0.05) is 26.3 Å². The molecule has 51 heavy (non-hydrogen) atoms. The molecule has 0 aliphatic rings. The molecule has 0 nitrogen and oxygen atoms in total. The summed E-state index contributed by atoms with van der Waals surface area (Å²) in [4.78, 5) is 2.86. The second-order valence-corrected chi connectivity index (χ2v) is 16.2. The quantitative estimate of drug-likeness (QED) is 0.148. The van der Waals surface area contributed by atoms with Crippen molar-refractivity contribution < 1.29 is 0 Å². The van der Waals surface area contributed by atoms with Gasteiger partial charge in [-0.2, -0.15) is 0 Å². The summed E-state index contributed by atoms with van der Waals surface area (Å²) in [5.74, 6) is 0. The minimum Gasteiger partial charge on any atom is -0.129 e. The van der Waals surface area contributed by atoms with E-state index in [-0.39, 0.29) is 0 Å². The Bertz CT molecular complexity index is 1670. The average molecular weight is 766 g/mol. The lowest BCUT2D eigenvalue weighted by Gasteiger charge is -2.19. The highest BCUT2D eigenvalue weighted by molar-refractivity contribution is 7.99. The van der Waals surface area contributed by atoms with Crippen LogP contribution in [-0.4, -0.2) is 12.5 Å². The van der Waals surface area contributed by atoms with Gasteiger partial charge in [0.25, 0.3) is 0 Å². The van der Waals surface area contributed by atoms with Crippen LogP contribution in [0.4, 0.5) is 0 Å². The van der Waals surface area contributed by atoms with E-state index in [9.17, 15) is 0 Å². The first kappa shape index (κ1) is 45.3. The Hall–Kier alpha value is -1.84. The summed E-state index contributed by atoms with van der Waals surface area (Å²) in [6.07, 6.45) is 11.4. The van der Waals surface area contributed by atoms with E-state index in [2.05, 4.69) is 134 Å². The maximum atomic E-state index is 6.78. The molecule has 0 atom stereocenters. The van der Waals surface area contributed by atoms with E-state index in [1.165, 1.54) is 93.2 Å². The predicted octanol–water partition coefficient (Wildman–Crippen LogP) is 15.2. The first-order valence-electron chi connectivity index (χ1n) is 19.0. The number of thioether (sulfide) groups is 2. The Morgan fingerprint density at radius 1 is 0.412 bits per heavy atom. The molecule has 0 N–H and O–H groups in total. The number of halogens is 2. The van der Waals surface area contributed by atoms with Gasteiger partial charge in [0.2, 0.25) is 0 Å². The maximum absolute atomic E-state index is 6.78. The van der Waals surface area contributed by atoms with Crippen molar-refractivity contribution >= 4 is 46.7 Å². The highest BCUT2D eigenvalue weighted by Crippen LogP contribution is 2.35. The van der Waals surface area contributed by atoms with Crippen LogP contribution in [0.2, 0.25) is 10.0 Å². The Balaban J connectivity index is 0.000000292. The molecule has 0 aliphatic carbocycles. The molecule has 0 spiro atoms. The van der Waals surface area contributed by atoms with Crippen LogP contribution in [0, 0.1) is 55.4 Å². The van der Waals surface area contributed by atoms with E-state index in [4.69, 9.17) is 23.2 Å². The summed E-state index contributed by atoms with van der Waals surface area (Å²) >= 11 is 17.2. The molecule has 0 saturated carbocycles. The standard InChI is InChI=1S/C23H30Cl2.C13H20.C11H16S2/c1-7-16-11-18(22(24)20(9-3)14(16)5)13-19-12-17(8-2)15(6)21(10-4)23(19)25;1-6-12-8-9(3)10(4)13(7-2)11(12)5;1-7-6-10(12-4)9(3)11(13-5)8(7)2/h11-12H,7-10,13H2,1-6H3;8H,6-7H2,1-5H3;6H,1-5H3. The second-order valence-electron chi connectivity index (χ2n) is 13.8. The SMILES string of the molecule is CCc1cc(C)c(C)c(CC)c1C.CCc1cc(Cc2cc(CC)c(C)c(CC)c2Cl)c(Cl)c(CC)c1C.CSc1cc(C)c(C)c(SC)c1C. The van der Waals surface area contributed by atoms with Gasteiger partial charge in [-0.05, 0) is 202 Å². The van der Waals surface area contributed by atoms with Gasteiger partial charge >= 0.3 is 0 Å². The van der Waals surface area contributed by atoms with E-state index < -0.39 is 0 Å². The van der Waals surface area contributed by atoms with Crippen molar-refractivity contribution in [2.24, 2.45) is 0 Å². The molecule has 0 heterocycles. The third-order valence-corrected chi connectivity index (χ3v) is 13.9. The van der Waals surface area contributed by atoms with Crippen molar-refractivity contribution in [3.63, 3.8) is 0 Å². The number of rotatable bonds is 10. The number of hydrogen-bond donors (Lipinski definition) is 0. The van der Waals surface area contributed by atoms with Crippen LogP contribution in [0.25, 0.3) is 0 Å². The molecule has 4 aromatic rings. The molecule has 0 radical (unpaired) electrons. The summed E-state index contributed by atoms with van der Waals surface area (Å²) < 4.78 is 0. The number of hydrogen-bond acceptors (Lipinski definition) is 2. The summed E-state index contributed by atoms with van der Waals surface area (Å²) in [6, 6.07) is 9.19. The van der Waals surface area contributed by atoms with Crippen molar-refractivity contribution in [1.29, 1.82) is 0 Å². The van der Waals surface area contributed by atoms with Crippen molar-refractivity contribution in [2.75, 3.05) is 12.5 Å². The van der Waals surface area contributed by atoms with Gasteiger partial charge in [-0.15, -0.1) is 23.5 Å². The zero-order valence-electron chi connectivity index (χ0n) is 34.8. The van der Waals surface area contributed by atoms with Crippen LogP contribution < -0.4 is 0 Å². The van der Waals surface area contributed by atoms with Crippen molar-refractivity contribution in [1.82, 2.24) is 0 Å². The van der Waals surface area contributed by atoms with Gasteiger partial charge in [0.15, 0.2) is 0 Å². The van der Waals surface area contributed by atoms with Crippen LogP contribution in [0.1, 0.15) is 131 Å². The molecule has 4 rings (SSSR count). The van der Waals surface area contributed by atoms with Gasteiger partial charge in [-0.3, -0.25) is 0 Å². The average Bonchev–Trinajstić information content (AvgIpc) is 3.11. The molecule has 0 bridgehead atoms. The van der Waals surface area contributed by atoms with E-state index in [1.54, 1.807) is 5.56 Å². The third kappa shape index (κ3) is 10.6. The van der Waals surface area contributed by atoms with Crippen LogP contribution in [0.15, 0.2) is 34.1 Å². The molecule has 0 fully saturated rings. The molecular weight excluding hydrogens is 700 g/mol. The van der Waals surface area contributed by atoms with Gasteiger partial charge in [0.1, 0.15) is 0 Å². The molecule has 0 aromatic heterocycles. The maximum Gasteiger partial charge on any atom is 0.0476 e. The van der Waals surface area contributed by atoms with Gasteiger partial charge < -0.3 is 0 Å². The number of aryl methyl sites for hydroxylation is 5. The lowest BCUT2D eigenvalue weighted by atomic mass is 9.90. The van der Waals surface area contributed by atoms with E-state index in [1.807, 2.05) is 23.5 Å². The summed E-state index contributed by atoms with van der Waals surface area (Å²) in [5, 5.41) is 1.84. The second kappa shape index (κ2) is 21.2. The van der Waals surface area contributed by atoms with E-state index in [0.29, 0.717) is 0 Å². The largest absolute Gasteiger partial charge is 0.129 e. The Morgan fingerprint density at radius 3 is 1.18 bits per heavy atom. The topological polar surface area (TPSA) is 0 Å². The monoisotopic (exact) mass is 764 g/mol. The fourth-order valence-corrected chi connectivity index (χ4v) is 9.94. The Morgan fingerprint density at radius 2 is 0.804 bits per heavy atom. The van der Waals surface area contributed by atoms with E-state index in [0.717, 1.165) is 55.0 Å². The van der Waals surface area contributed by atoms with Crippen LogP contribution in [0.5, 0.6) is 0 Å². The Labute approximate surface area is 332 Å². The summed E-state index contributed by atoms with van der Waals surface area (Å²) in [5.41, 5.74) is 22.2. The fraction of sp³-hybridized carbons (Fsp3) is 0.489. The van der Waals surface area contributed by atoms with Crippen LogP contribution in [0.3, 0.4) is 0 Å². The molecule has 0 unspecified atom stereocenters. The minimum absolute atomic E-state index is 0.804. The Kier molecular flexibility index (Phi) is 18.8. The van der Waals surface area contributed by atoms with Crippen LogP contribution in [-0.2, 0) is 44.9 Å². The zero-order chi connectivity index (χ0) is 38.7. The summed E-state index contributed by atoms with van der Waals surface area (Å²) in [7, 11) is 0. The van der Waals surface area contributed by atoms with Gasteiger partial charge in [0.05, 0.1) is 0 Å². The predicted molar refractivity (Wildman–Crippen MR) is 236 cm³/mol. The first-order chi connectivity index (χ1) is 24.1. The lowest BCUT2D eigenvalue weighted by Crippen LogP contribution is -2.04. The minimum atomic E-state index is 0.804. The molecule has 4 aromatic carbocycles. The molecular formula is C47H66Cl2S2. The summed E-state index contributed by atoms with van der Waals surface area (Å²) in [6.45, 7) is 31.0. The van der Waals surface area contributed by atoms with Gasteiger partial charge in [-0.25, -0.2) is 0 Å². The highest BCUT2D eigenvalue weighted by atomic mass is 35.5. The molecule has 0 saturated heterocycles. The van der Waals surface area contributed by atoms with Crippen molar-refractivity contribution in [3.05, 3.63) is 123 Å². The first-order valence-corrected chi connectivity index (χ1v) is 22.2. The molecule has 0 amide bonds. The van der Waals surface area contributed by atoms with Crippen molar-refractivity contribution in [2.45, 2.75) is 152 Å². The molecule has 0 aliphatic heterocycles. The molecule has 280 valence electrons. The third-order valence-electron chi connectivity index (χ3n) is 11.0. The normalized spacial score (nSPS) is 10.9. The van der Waals surface area contributed by atoms with Crippen LogP contribution >= 0.6 is 46.7 Å². The lowest BCUT2D eigenvalue weighted by molar-refractivity contribution is 1.00. The zero-order valence-corrected chi connectivity index (χ0v) is 38.0. The fourth-order valence-electron chi connectivity index (χ4n) is 7.50. The molecule has 4 heteroatoms.